The number of carbonyl (C=O) groups excluding carboxylic acids is 1. The molecule has 1 fully saturated rings. The van der Waals surface area contributed by atoms with Crippen LogP contribution >= 0.6 is 0 Å². The molecule has 0 radical (unpaired) electrons. The van der Waals surface area contributed by atoms with Gasteiger partial charge in [0.25, 0.3) is 5.56 Å². The fourth-order valence-electron chi connectivity index (χ4n) is 3.38. The van der Waals surface area contributed by atoms with Crippen molar-refractivity contribution in [2.75, 3.05) is 19.6 Å². The normalized spacial score (nSPS) is 18.3. The SMILES string of the molecule is CC1CN(Cc2ccccn2)CCN1C(=O)Cn1cccc(C(F)(F)F)c1=O. The summed E-state index contributed by atoms with van der Waals surface area (Å²) in [5.74, 6) is -0.369. The average Bonchev–Trinajstić information content (AvgIpc) is 2.63. The van der Waals surface area contributed by atoms with Crippen LogP contribution in [0.3, 0.4) is 0 Å². The fraction of sp³-hybridized carbons (Fsp3) is 0.421. The van der Waals surface area contributed by atoms with E-state index in [2.05, 4.69) is 9.88 Å². The van der Waals surface area contributed by atoms with Gasteiger partial charge in [0.2, 0.25) is 5.91 Å². The summed E-state index contributed by atoms with van der Waals surface area (Å²) < 4.78 is 39.5. The Morgan fingerprint density at radius 1 is 1.21 bits per heavy atom. The summed E-state index contributed by atoms with van der Waals surface area (Å²) in [5, 5.41) is 0. The van der Waals surface area contributed by atoms with Crippen LogP contribution in [0.15, 0.2) is 47.5 Å². The Bertz CT molecular complexity index is 883. The van der Waals surface area contributed by atoms with Gasteiger partial charge in [-0.15, -0.1) is 0 Å². The van der Waals surface area contributed by atoms with E-state index in [1.54, 1.807) is 11.1 Å². The quantitative estimate of drug-likeness (QED) is 0.796. The maximum absolute atomic E-state index is 12.9. The highest BCUT2D eigenvalue weighted by Gasteiger charge is 2.35. The molecule has 0 spiro atoms. The molecular weight excluding hydrogens is 373 g/mol. The van der Waals surface area contributed by atoms with E-state index in [1.165, 1.54) is 6.20 Å². The van der Waals surface area contributed by atoms with Crippen molar-refractivity contribution in [3.8, 4) is 0 Å². The zero-order valence-corrected chi connectivity index (χ0v) is 15.4. The first-order valence-electron chi connectivity index (χ1n) is 8.94. The summed E-state index contributed by atoms with van der Waals surface area (Å²) in [6.45, 7) is 3.84. The van der Waals surface area contributed by atoms with E-state index >= 15 is 0 Å². The lowest BCUT2D eigenvalue weighted by Crippen LogP contribution is -2.54. The number of aromatic nitrogens is 2. The Kier molecular flexibility index (Phi) is 5.83. The molecule has 1 atom stereocenters. The van der Waals surface area contributed by atoms with Crippen LogP contribution < -0.4 is 5.56 Å². The number of hydrogen-bond acceptors (Lipinski definition) is 4. The molecule has 0 N–H and O–H groups in total. The highest BCUT2D eigenvalue weighted by Crippen LogP contribution is 2.26. The summed E-state index contributed by atoms with van der Waals surface area (Å²) in [6.07, 6.45) is -1.81. The number of nitrogens with zero attached hydrogens (tertiary/aromatic N) is 4. The molecule has 1 unspecified atom stereocenters. The first kappa shape index (κ1) is 20.1. The second kappa shape index (κ2) is 8.14. The number of hydrogen-bond donors (Lipinski definition) is 0. The van der Waals surface area contributed by atoms with Crippen molar-refractivity contribution < 1.29 is 18.0 Å². The van der Waals surface area contributed by atoms with Crippen LogP contribution in [0.2, 0.25) is 0 Å². The van der Waals surface area contributed by atoms with Gasteiger partial charge >= 0.3 is 6.18 Å². The number of amides is 1. The van der Waals surface area contributed by atoms with E-state index in [1.807, 2.05) is 25.1 Å². The van der Waals surface area contributed by atoms with Gasteiger partial charge in [-0.2, -0.15) is 13.2 Å². The molecule has 0 saturated carbocycles. The molecule has 2 aromatic rings. The van der Waals surface area contributed by atoms with Crippen LogP contribution in [0.1, 0.15) is 18.2 Å². The molecule has 3 rings (SSSR count). The number of piperazine rings is 1. The molecule has 1 amide bonds. The van der Waals surface area contributed by atoms with Gasteiger partial charge in [0.1, 0.15) is 12.1 Å². The van der Waals surface area contributed by atoms with Gasteiger partial charge in [-0.3, -0.25) is 19.5 Å². The lowest BCUT2D eigenvalue weighted by atomic mass is 10.1. The van der Waals surface area contributed by atoms with Gasteiger partial charge in [-0.25, -0.2) is 0 Å². The summed E-state index contributed by atoms with van der Waals surface area (Å²) in [5.41, 5.74) is -1.54. The van der Waals surface area contributed by atoms with Crippen LogP contribution in [0.4, 0.5) is 13.2 Å². The van der Waals surface area contributed by atoms with Crippen LogP contribution in [0.5, 0.6) is 0 Å². The Morgan fingerprint density at radius 2 is 2.00 bits per heavy atom. The average molecular weight is 394 g/mol. The predicted molar refractivity (Wildman–Crippen MR) is 96.4 cm³/mol. The van der Waals surface area contributed by atoms with Crippen molar-refractivity contribution in [1.82, 2.24) is 19.4 Å². The van der Waals surface area contributed by atoms with Crippen molar-refractivity contribution in [1.29, 1.82) is 0 Å². The highest BCUT2D eigenvalue weighted by atomic mass is 19.4. The van der Waals surface area contributed by atoms with Crippen LogP contribution in [0.25, 0.3) is 0 Å². The number of carbonyl (C=O) groups is 1. The molecule has 3 heterocycles. The molecule has 28 heavy (non-hydrogen) atoms. The van der Waals surface area contributed by atoms with Gasteiger partial charge in [-0.05, 0) is 31.2 Å². The van der Waals surface area contributed by atoms with Crippen molar-refractivity contribution in [2.45, 2.75) is 32.2 Å². The maximum atomic E-state index is 12.9. The third-order valence-electron chi connectivity index (χ3n) is 4.77. The first-order chi connectivity index (χ1) is 13.3. The summed E-state index contributed by atoms with van der Waals surface area (Å²) in [6, 6.07) is 7.43. The Balaban J connectivity index is 1.64. The van der Waals surface area contributed by atoms with E-state index in [9.17, 15) is 22.8 Å². The van der Waals surface area contributed by atoms with Crippen molar-refractivity contribution in [2.24, 2.45) is 0 Å². The van der Waals surface area contributed by atoms with Gasteiger partial charge in [0.15, 0.2) is 0 Å². The zero-order chi connectivity index (χ0) is 20.3. The first-order valence-corrected chi connectivity index (χ1v) is 8.94. The summed E-state index contributed by atoms with van der Waals surface area (Å²) in [7, 11) is 0. The number of halogens is 3. The number of alkyl halides is 3. The van der Waals surface area contributed by atoms with E-state index in [-0.39, 0.29) is 11.9 Å². The van der Waals surface area contributed by atoms with E-state index < -0.39 is 23.8 Å². The monoisotopic (exact) mass is 394 g/mol. The predicted octanol–water partition coefficient (Wildman–Crippen LogP) is 1.99. The van der Waals surface area contributed by atoms with E-state index in [4.69, 9.17) is 0 Å². The highest BCUT2D eigenvalue weighted by molar-refractivity contribution is 5.76. The third-order valence-corrected chi connectivity index (χ3v) is 4.77. The molecule has 0 aromatic carbocycles. The lowest BCUT2D eigenvalue weighted by Gasteiger charge is -2.39. The third kappa shape index (κ3) is 4.59. The molecular formula is C19H21F3N4O2. The minimum absolute atomic E-state index is 0.119. The van der Waals surface area contributed by atoms with Gasteiger partial charge < -0.3 is 9.47 Å². The molecule has 0 aliphatic carbocycles. The summed E-state index contributed by atoms with van der Waals surface area (Å²) >= 11 is 0. The maximum Gasteiger partial charge on any atom is 0.421 e. The van der Waals surface area contributed by atoms with E-state index in [0.29, 0.717) is 26.2 Å². The molecule has 1 aliphatic heterocycles. The van der Waals surface area contributed by atoms with Crippen LogP contribution in [-0.2, 0) is 24.1 Å². The smallest absolute Gasteiger partial charge is 0.336 e. The Hall–Kier alpha value is -2.68. The topological polar surface area (TPSA) is 58.4 Å². The Labute approximate surface area is 160 Å². The van der Waals surface area contributed by atoms with Crippen molar-refractivity contribution >= 4 is 5.91 Å². The lowest BCUT2D eigenvalue weighted by molar-refractivity contribution is -0.140. The molecule has 150 valence electrons. The van der Waals surface area contributed by atoms with Gasteiger partial charge in [0, 0.05) is 44.6 Å². The minimum Gasteiger partial charge on any atom is -0.336 e. The zero-order valence-electron chi connectivity index (χ0n) is 15.4. The van der Waals surface area contributed by atoms with Crippen molar-refractivity contribution in [3.63, 3.8) is 0 Å². The van der Waals surface area contributed by atoms with Gasteiger partial charge in [0.05, 0.1) is 5.69 Å². The van der Waals surface area contributed by atoms with Crippen LogP contribution in [0, 0.1) is 0 Å². The standard InChI is InChI=1S/C19H21F3N4O2/c1-14-11-24(12-15-5-2-3-7-23-15)9-10-26(14)17(27)13-25-8-4-6-16(18(25)28)19(20,21)22/h2-8,14H,9-13H2,1H3. The van der Waals surface area contributed by atoms with Crippen LogP contribution in [-0.4, -0.2) is 50.9 Å². The second-order valence-electron chi connectivity index (χ2n) is 6.85. The molecule has 9 heteroatoms. The molecule has 2 aromatic heterocycles. The second-order valence-corrected chi connectivity index (χ2v) is 6.85. The largest absolute Gasteiger partial charge is 0.421 e. The Morgan fingerprint density at radius 3 is 2.64 bits per heavy atom. The molecule has 6 nitrogen and oxygen atoms in total. The fourth-order valence-corrected chi connectivity index (χ4v) is 3.38. The van der Waals surface area contributed by atoms with E-state index in [0.717, 1.165) is 22.4 Å². The molecule has 1 saturated heterocycles. The number of rotatable bonds is 4. The minimum atomic E-state index is -4.74. The molecule has 1 aliphatic rings. The van der Waals surface area contributed by atoms with Gasteiger partial charge in [-0.1, -0.05) is 6.07 Å². The van der Waals surface area contributed by atoms with Crippen molar-refractivity contribution in [3.05, 3.63) is 64.3 Å². The summed E-state index contributed by atoms with van der Waals surface area (Å²) in [4.78, 5) is 32.7. The number of pyridine rings is 2. The molecule has 0 bridgehead atoms.